The molecule has 7 nitrogen and oxygen atoms in total. The Morgan fingerprint density at radius 1 is 1.06 bits per heavy atom. The average Bonchev–Trinajstić information content (AvgIpc) is 3.23. The summed E-state index contributed by atoms with van der Waals surface area (Å²) in [4.78, 5) is 40.7. The molecule has 0 radical (unpaired) electrons. The molecular weight excluding hydrogens is 476 g/mol. The van der Waals surface area contributed by atoms with E-state index in [-0.39, 0.29) is 5.75 Å². The number of aromatic hydroxyl groups is 1. The molecule has 0 unspecified atom stereocenters. The van der Waals surface area contributed by atoms with Gasteiger partial charge >= 0.3 is 5.97 Å². The van der Waals surface area contributed by atoms with Gasteiger partial charge in [-0.3, -0.25) is 19.7 Å². The Hall–Kier alpha value is -3.23. The number of nitrogens with zero attached hydrogens (tertiary/aromatic N) is 1. The quantitative estimate of drug-likeness (QED) is 0.480. The highest BCUT2D eigenvalue weighted by molar-refractivity contribution is 9.10. The van der Waals surface area contributed by atoms with Crippen molar-refractivity contribution in [3.8, 4) is 5.75 Å². The van der Waals surface area contributed by atoms with Crippen molar-refractivity contribution >= 4 is 50.2 Å². The van der Waals surface area contributed by atoms with Crippen LogP contribution in [0, 0.1) is 11.8 Å². The number of fused-ring (bicyclic) bond motifs is 2. The molecule has 0 aromatic heterocycles. The highest BCUT2D eigenvalue weighted by atomic mass is 79.9. The van der Waals surface area contributed by atoms with E-state index >= 15 is 0 Å². The summed E-state index contributed by atoms with van der Waals surface area (Å²) in [5, 5.41) is 25.1. The van der Waals surface area contributed by atoms with Crippen molar-refractivity contribution in [2.75, 3.05) is 4.90 Å². The fraction of sp³-hybridized carbons (Fsp3) is 0.208. The number of imide groups is 1. The van der Waals surface area contributed by atoms with Gasteiger partial charge in [0.25, 0.3) is 0 Å². The number of carbonyl (C=O) groups is 3. The van der Waals surface area contributed by atoms with Crippen LogP contribution in [0.5, 0.6) is 5.75 Å². The SMILES string of the molecule is C[C@]1(C(=O)O)N[C@H](c2cc(Br)ccc2O)[C@@H]2C(=O)N(c3cccc4ccccc34)C(=O)[C@H]21. The van der Waals surface area contributed by atoms with E-state index in [9.17, 15) is 24.6 Å². The Balaban J connectivity index is 1.69. The first-order valence-corrected chi connectivity index (χ1v) is 10.9. The molecule has 2 fully saturated rings. The van der Waals surface area contributed by atoms with Crippen LogP contribution in [0.4, 0.5) is 5.69 Å². The van der Waals surface area contributed by atoms with Gasteiger partial charge in [-0.1, -0.05) is 52.3 Å². The number of amides is 2. The molecule has 0 spiro atoms. The summed E-state index contributed by atoms with van der Waals surface area (Å²) in [6.45, 7) is 1.42. The van der Waals surface area contributed by atoms with Gasteiger partial charge < -0.3 is 10.2 Å². The normalized spacial score (nSPS) is 27.2. The summed E-state index contributed by atoms with van der Waals surface area (Å²) in [5.41, 5.74) is -0.895. The zero-order valence-electron chi connectivity index (χ0n) is 16.9. The fourth-order valence-corrected chi connectivity index (χ4v) is 5.40. The Morgan fingerprint density at radius 3 is 2.53 bits per heavy atom. The highest BCUT2D eigenvalue weighted by Gasteiger charge is 2.67. The van der Waals surface area contributed by atoms with Gasteiger partial charge in [-0.05, 0) is 36.6 Å². The Kier molecular flexibility index (Phi) is 4.61. The maximum Gasteiger partial charge on any atom is 0.324 e. The van der Waals surface area contributed by atoms with Crippen LogP contribution < -0.4 is 10.2 Å². The number of carboxylic acid groups (broad SMARTS) is 1. The molecule has 162 valence electrons. The van der Waals surface area contributed by atoms with E-state index in [0.29, 0.717) is 15.7 Å². The molecule has 2 heterocycles. The van der Waals surface area contributed by atoms with Crippen molar-refractivity contribution in [2.24, 2.45) is 11.8 Å². The molecule has 32 heavy (non-hydrogen) atoms. The molecule has 8 heteroatoms. The number of nitrogens with one attached hydrogen (secondary N) is 1. The molecule has 3 N–H and O–H groups in total. The number of phenols is 1. The number of halogens is 1. The first-order valence-electron chi connectivity index (χ1n) is 10.1. The van der Waals surface area contributed by atoms with E-state index in [0.717, 1.165) is 15.7 Å². The van der Waals surface area contributed by atoms with Gasteiger partial charge in [0.15, 0.2) is 0 Å². The Labute approximate surface area is 191 Å². The van der Waals surface area contributed by atoms with Crippen LogP contribution in [0.2, 0.25) is 0 Å². The van der Waals surface area contributed by atoms with Gasteiger partial charge in [-0.2, -0.15) is 0 Å². The number of carbonyl (C=O) groups excluding carboxylic acids is 2. The van der Waals surface area contributed by atoms with E-state index < -0.39 is 41.2 Å². The molecule has 2 saturated heterocycles. The van der Waals surface area contributed by atoms with Crippen LogP contribution in [-0.4, -0.2) is 33.5 Å². The second-order valence-corrected chi connectivity index (χ2v) is 9.26. The van der Waals surface area contributed by atoms with Gasteiger partial charge in [0.2, 0.25) is 11.8 Å². The summed E-state index contributed by atoms with van der Waals surface area (Å²) in [6, 6.07) is 16.6. The van der Waals surface area contributed by atoms with Crippen molar-refractivity contribution in [3.63, 3.8) is 0 Å². The molecule has 3 aromatic carbocycles. The van der Waals surface area contributed by atoms with E-state index in [1.165, 1.54) is 13.0 Å². The number of hydrogen-bond donors (Lipinski definition) is 3. The smallest absolute Gasteiger partial charge is 0.324 e. The van der Waals surface area contributed by atoms with Crippen molar-refractivity contribution in [1.29, 1.82) is 0 Å². The molecular formula is C24H19BrN2O5. The highest BCUT2D eigenvalue weighted by Crippen LogP contribution is 2.51. The standard InChI is InChI=1S/C24H19BrN2O5/c1-24(23(31)32)19-18(20(26-24)15-11-13(25)9-10-17(15)28)21(29)27(22(19)30)16-8-4-6-12-5-2-3-7-14(12)16/h2-11,18-20,26,28H,1H3,(H,31,32)/t18-,19+,20-,24+/m1/s1. The molecule has 2 amide bonds. The van der Waals surface area contributed by atoms with Gasteiger partial charge in [0.05, 0.1) is 17.5 Å². The number of anilines is 1. The summed E-state index contributed by atoms with van der Waals surface area (Å²) in [5.74, 6) is -4.48. The first kappa shape index (κ1) is 20.7. The van der Waals surface area contributed by atoms with E-state index in [1.807, 2.05) is 30.3 Å². The third kappa shape index (κ3) is 2.79. The van der Waals surface area contributed by atoms with Crippen LogP contribution in [-0.2, 0) is 14.4 Å². The van der Waals surface area contributed by atoms with Gasteiger partial charge in [-0.25, -0.2) is 4.90 Å². The molecule has 5 rings (SSSR count). The zero-order chi connectivity index (χ0) is 22.8. The lowest BCUT2D eigenvalue weighted by Gasteiger charge is -2.28. The van der Waals surface area contributed by atoms with E-state index in [1.54, 1.807) is 24.3 Å². The number of carboxylic acids is 1. The molecule has 0 saturated carbocycles. The van der Waals surface area contributed by atoms with Crippen LogP contribution in [0.1, 0.15) is 18.5 Å². The fourth-order valence-electron chi connectivity index (χ4n) is 5.02. The summed E-state index contributed by atoms with van der Waals surface area (Å²) >= 11 is 3.36. The van der Waals surface area contributed by atoms with Gasteiger partial charge in [-0.15, -0.1) is 0 Å². The molecule has 0 aliphatic carbocycles. The average molecular weight is 495 g/mol. The Bertz CT molecular complexity index is 1300. The topological polar surface area (TPSA) is 107 Å². The minimum absolute atomic E-state index is 0.0806. The second kappa shape index (κ2) is 7.15. The number of hydrogen-bond acceptors (Lipinski definition) is 5. The number of rotatable bonds is 3. The third-order valence-corrected chi connectivity index (χ3v) is 7.06. The second-order valence-electron chi connectivity index (χ2n) is 8.35. The summed E-state index contributed by atoms with van der Waals surface area (Å²) in [7, 11) is 0. The van der Waals surface area contributed by atoms with Gasteiger partial charge in [0.1, 0.15) is 11.3 Å². The van der Waals surface area contributed by atoms with Crippen molar-refractivity contribution in [3.05, 3.63) is 70.7 Å². The third-order valence-electron chi connectivity index (χ3n) is 6.56. The predicted molar refractivity (Wildman–Crippen MR) is 121 cm³/mol. The van der Waals surface area contributed by atoms with Crippen molar-refractivity contribution < 1.29 is 24.6 Å². The first-order chi connectivity index (χ1) is 15.2. The molecule has 0 bridgehead atoms. The maximum absolute atomic E-state index is 13.7. The number of phenolic OH excluding ortho intramolecular Hbond substituents is 1. The minimum atomic E-state index is -1.68. The van der Waals surface area contributed by atoms with Crippen LogP contribution >= 0.6 is 15.9 Å². The van der Waals surface area contributed by atoms with Gasteiger partial charge in [0, 0.05) is 21.5 Å². The largest absolute Gasteiger partial charge is 0.508 e. The van der Waals surface area contributed by atoms with Crippen LogP contribution in [0.3, 0.4) is 0 Å². The lowest BCUT2D eigenvalue weighted by molar-refractivity contribution is -0.147. The zero-order valence-corrected chi connectivity index (χ0v) is 18.5. The molecule has 3 aromatic rings. The molecule has 4 atom stereocenters. The van der Waals surface area contributed by atoms with Crippen molar-refractivity contribution in [2.45, 2.75) is 18.5 Å². The Morgan fingerprint density at radius 2 is 1.78 bits per heavy atom. The lowest BCUT2D eigenvalue weighted by atomic mass is 9.80. The van der Waals surface area contributed by atoms with E-state index in [2.05, 4.69) is 21.2 Å². The molecule has 2 aliphatic rings. The predicted octanol–water partition coefficient (Wildman–Crippen LogP) is 3.60. The minimum Gasteiger partial charge on any atom is -0.508 e. The number of benzene rings is 3. The van der Waals surface area contributed by atoms with E-state index in [4.69, 9.17) is 0 Å². The van der Waals surface area contributed by atoms with Crippen LogP contribution in [0.25, 0.3) is 10.8 Å². The molecule has 2 aliphatic heterocycles. The maximum atomic E-state index is 13.7. The number of aliphatic carboxylic acids is 1. The summed E-state index contributed by atoms with van der Waals surface area (Å²) in [6.07, 6.45) is 0. The monoisotopic (exact) mass is 494 g/mol. The summed E-state index contributed by atoms with van der Waals surface area (Å²) < 4.78 is 0.662. The lowest BCUT2D eigenvalue weighted by Crippen LogP contribution is -2.53. The van der Waals surface area contributed by atoms with Crippen molar-refractivity contribution in [1.82, 2.24) is 5.32 Å². The van der Waals surface area contributed by atoms with Crippen LogP contribution in [0.15, 0.2) is 65.1 Å².